The molecule has 1 N–H and O–H groups in total. The van der Waals surface area contributed by atoms with Gasteiger partial charge in [0, 0.05) is 17.1 Å². The predicted octanol–water partition coefficient (Wildman–Crippen LogP) is 3.89. The van der Waals surface area contributed by atoms with Crippen LogP contribution in [0.25, 0.3) is 0 Å². The van der Waals surface area contributed by atoms with Crippen molar-refractivity contribution in [1.29, 1.82) is 5.26 Å². The number of carbonyl (C=O) groups excluding carboxylic acids is 1. The first-order chi connectivity index (χ1) is 14.9. The van der Waals surface area contributed by atoms with E-state index in [2.05, 4.69) is 5.32 Å². The van der Waals surface area contributed by atoms with Crippen LogP contribution in [0.4, 0.5) is 5.69 Å². The number of hydrogen-bond acceptors (Lipinski definition) is 4. The van der Waals surface area contributed by atoms with E-state index in [-0.39, 0.29) is 22.9 Å². The van der Waals surface area contributed by atoms with Crippen molar-refractivity contribution in [2.75, 3.05) is 10.8 Å². The Kier molecular flexibility index (Phi) is 5.68. The summed E-state index contributed by atoms with van der Waals surface area (Å²) in [5, 5.41) is 12.5. The number of sulfonamides is 1. The molecule has 3 aromatic rings. The lowest BCUT2D eigenvalue weighted by Crippen LogP contribution is -2.34. The third kappa shape index (κ3) is 4.26. The number of halogens is 1. The molecular formula is C23H18ClN3O3S. The highest BCUT2D eigenvalue weighted by Gasteiger charge is 2.27. The molecule has 1 heterocycles. The highest BCUT2D eigenvalue weighted by atomic mass is 35.5. The van der Waals surface area contributed by atoms with Crippen LogP contribution in [0.2, 0.25) is 5.02 Å². The van der Waals surface area contributed by atoms with Crippen LogP contribution in [0.5, 0.6) is 0 Å². The molecule has 0 radical (unpaired) electrons. The standard InChI is InChI=1S/C23H18ClN3O3S/c24-19-7-4-16(5-8-19)15-27(31(29,30)21-3-1-2-17(12-21)14-25)20-9-6-18-10-11-26-23(28)22(18)13-20/h1-9,12-13H,10-11,15H2,(H,26,28). The van der Waals surface area contributed by atoms with Gasteiger partial charge in [0.15, 0.2) is 0 Å². The fraction of sp³-hybridized carbons (Fsp3) is 0.130. The molecule has 0 bridgehead atoms. The minimum atomic E-state index is -4.02. The number of nitrogens with zero attached hydrogens (tertiary/aromatic N) is 2. The summed E-state index contributed by atoms with van der Waals surface area (Å²) in [5.41, 5.74) is 2.69. The Hall–Kier alpha value is -3.34. The molecular weight excluding hydrogens is 434 g/mol. The van der Waals surface area contributed by atoms with Gasteiger partial charge in [0.05, 0.1) is 28.8 Å². The molecule has 3 aromatic carbocycles. The van der Waals surface area contributed by atoms with Crippen LogP contribution in [0, 0.1) is 11.3 Å². The van der Waals surface area contributed by atoms with E-state index in [1.165, 1.54) is 22.5 Å². The summed E-state index contributed by atoms with van der Waals surface area (Å²) < 4.78 is 28.5. The van der Waals surface area contributed by atoms with E-state index in [4.69, 9.17) is 11.6 Å². The zero-order chi connectivity index (χ0) is 22.0. The molecule has 0 saturated carbocycles. The summed E-state index contributed by atoms with van der Waals surface area (Å²) in [4.78, 5) is 12.3. The second-order valence-corrected chi connectivity index (χ2v) is 9.42. The molecule has 1 amide bonds. The van der Waals surface area contributed by atoms with E-state index in [9.17, 15) is 18.5 Å². The Bertz CT molecular complexity index is 1300. The lowest BCUT2D eigenvalue weighted by molar-refractivity contribution is 0.0946. The number of hydrogen-bond donors (Lipinski definition) is 1. The van der Waals surface area contributed by atoms with E-state index in [1.54, 1.807) is 48.5 Å². The highest BCUT2D eigenvalue weighted by molar-refractivity contribution is 7.92. The van der Waals surface area contributed by atoms with Crippen molar-refractivity contribution in [2.24, 2.45) is 0 Å². The summed E-state index contributed by atoms with van der Waals surface area (Å²) in [6.07, 6.45) is 0.690. The van der Waals surface area contributed by atoms with Crippen LogP contribution in [0.3, 0.4) is 0 Å². The fourth-order valence-corrected chi connectivity index (χ4v) is 5.10. The Morgan fingerprint density at radius 1 is 1.06 bits per heavy atom. The van der Waals surface area contributed by atoms with Gasteiger partial charge in [-0.25, -0.2) is 8.42 Å². The monoisotopic (exact) mass is 451 g/mol. The average Bonchev–Trinajstić information content (AvgIpc) is 2.79. The van der Waals surface area contributed by atoms with E-state index in [0.29, 0.717) is 29.2 Å². The number of carbonyl (C=O) groups is 1. The Morgan fingerprint density at radius 2 is 1.84 bits per heavy atom. The molecule has 0 saturated heterocycles. The minimum absolute atomic E-state index is 0.00249. The average molecular weight is 452 g/mol. The number of anilines is 1. The van der Waals surface area contributed by atoms with Crippen molar-refractivity contribution in [3.05, 3.63) is 94.0 Å². The SMILES string of the molecule is N#Cc1cccc(S(=O)(=O)N(Cc2ccc(Cl)cc2)c2ccc3c(c2)C(=O)NCC3)c1. The van der Waals surface area contributed by atoms with Gasteiger partial charge in [-0.2, -0.15) is 5.26 Å². The predicted molar refractivity (Wildman–Crippen MR) is 118 cm³/mol. The second-order valence-electron chi connectivity index (χ2n) is 7.13. The van der Waals surface area contributed by atoms with Crippen molar-refractivity contribution < 1.29 is 13.2 Å². The number of amides is 1. The van der Waals surface area contributed by atoms with Gasteiger partial charge < -0.3 is 5.32 Å². The van der Waals surface area contributed by atoms with Crippen molar-refractivity contribution >= 4 is 33.2 Å². The smallest absolute Gasteiger partial charge is 0.264 e. The van der Waals surface area contributed by atoms with Crippen molar-refractivity contribution in [1.82, 2.24) is 5.32 Å². The lowest BCUT2D eigenvalue weighted by atomic mass is 10.00. The van der Waals surface area contributed by atoms with Crippen molar-refractivity contribution in [3.63, 3.8) is 0 Å². The molecule has 31 heavy (non-hydrogen) atoms. The summed E-state index contributed by atoms with van der Waals surface area (Å²) in [6.45, 7) is 0.593. The Balaban J connectivity index is 1.83. The largest absolute Gasteiger partial charge is 0.352 e. The zero-order valence-electron chi connectivity index (χ0n) is 16.4. The van der Waals surface area contributed by atoms with Gasteiger partial charge in [0.2, 0.25) is 0 Å². The first-order valence-electron chi connectivity index (χ1n) is 9.57. The topological polar surface area (TPSA) is 90.3 Å². The summed E-state index contributed by atoms with van der Waals surface area (Å²) in [6, 6.07) is 19.8. The van der Waals surface area contributed by atoms with E-state index >= 15 is 0 Å². The van der Waals surface area contributed by atoms with Crippen LogP contribution in [-0.2, 0) is 23.0 Å². The van der Waals surface area contributed by atoms with Gasteiger partial charge in [0.25, 0.3) is 15.9 Å². The number of fused-ring (bicyclic) bond motifs is 1. The summed E-state index contributed by atoms with van der Waals surface area (Å²) in [7, 11) is -4.02. The number of rotatable bonds is 5. The molecule has 0 atom stereocenters. The normalized spacial score (nSPS) is 13.1. The molecule has 1 aliphatic rings. The maximum Gasteiger partial charge on any atom is 0.264 e. The van der Waals surface area contributed by atoms with Crippen LogP contribution in [0.1, 0.15) is 27.0 Å². The Morgan fingerprint density at radius 3 is 2.58 bits per heavy atom. The van der Waals surface area contributed by atoms with Gasteiger partial charge in [-0.3, -0.25) is 9.10 Å². The van der Waals surface area contributed by atoms with Crippen LogP contribution >= 0.6 is 11.6 Å². The molecule has 0 unspecified atom stereocenters. The molecule has 1 aliphatic heterocycles. The number of nitriles is 1. The molecule has 6 nitrogen and oxygen atoms in total. The minimum Gasteiger partial charge on any atom is -0.352 e. The molecule has 0 fully saturated rings. The van der Waals surface area contributed by atoms with E-state index in [1.807, 2.05) is 6.07 Å². The van der Waals surface area contributed by atoms with Crippen molar-refractivity contribution in [2.45, 2.75) is 17.9 Å². The zero-order valence-corrected chi connectivity index (χ0v) is 17.9. The maximum absolute atomic E-state index is 13.6. The molecule has 4 rings (SSSR count). The van der Waals surface area contributed by atoms with Gasteiger partial charge in [-0.1, -0.05) is 35.9 Å². The van der Waals surface area contributed by atoms with Crippen LogP contribution < -0.4 is 9.62 Å². The van der Waals surface area contributed by atoms with Gasteiger partial charge >= 0.3 is 0 Å². The molecule has 0 aliphatic carbocycles. The molecule has 0 spiro atoms. The molecule has 8 heteroatoms. The highest BCUT2D eigenvalue weighted by Crippen LogP contribution is 2.29. The van der Waals surface area contributed by atoms with Gasteiger partial charge in [-0.05, 0) is 60.0 Å². The van der Waals surface area contributed by atoms with Crippen LogP contribution in [-0.4, -0.2) is 20.9 Å². The first kappa shape index (κ1) is 20.9. The van der Waals surface area contributed by atoms with Gasteiger partial charge in [-0.15, -0.1) is 0 Å². The van der Waals surface area contributed by atoms with Crippen molar-refractivity contribution in [3.8, 4) is 6.07 Å². The Labute approximate surface area is 185 Å². The van der Waals surface area contributed by atoms with E-state index in [0.717, 1.165) is 11.1 Å². The third-order valence-electron chi connectivity index (χ3n) is 5.10. The number of nitrogens with one attached hydrogen (secondary N) is 1. The van der Waals surface area contributed by atoms with E-state index < -0.39 is 10.0 Å². The first-order valence-corrected chi connectivity index (χ1v) is 11.4. The summed E-state index contributed by atoms with van der Waals surface area (Å²) >= 11 is 5.97. The third-order valence-corrected chi connectivity index (χ3v) is 7.12. The summed E-state index contributed by atoms with van der Waals surface area (Å²) in [5.74, 6) is -0.224. The molecule has 0 aromatic heterocycles. The van der Waals surface area contributed by atoms with Crippen LogP contribution in [0.15, 0.2) is 71.6 Å². The quantitative estimate of drug-likeness (QED) is 0.637. The number of benzene rings is 3. The second kappa shape index (κ2) is 8.42. The lowest BCUT2D eigenvalue weighted by Gasteiger charge is -2.26. The fourth-order valence-electron chi connectivity index (χ4n) is 3.48. The molecule has 156 valence electrons. The van der Waals surface area contributed by atoms with Gasteiger partial charge in [0.1, 0.15) is 0 Å². The maximum atomic E-state index is 13.6.